The van der Waals surface area contributed by atoms with E-state index in [1.54, 1.807) is 17.0 Å². The molecule has 1 atom stereocenters. The van der Waals surface area contributed by atoms with E-state index in [9.17, 15) is 19.2 Å². The van der Waals surface area contributed by atoms with E-state index in [1.165, 1.54) is 0 Å². The van der Waals surface area contributed by atoms with Gasteiger partial charge in [-0.1, -0.05) is 0 Å². The number of amides is 4. The molecule has 10 nitrogen and oxygen atoms in total. The molecule has 0 radical (unpaired) electrons. The number of rotatable bonds is 6. The van der Waals surface area contributed by atoms with Crippen molar-refractivity contribution in [3.8, 4) is 0 Å². The minimum atomic E-state index is -0.577. The highest BCUT2D eigenvalue weighted by Crippen LogP contribution is 2.58. The Kier molecular flexibility index (Phi) is 6.68. The highest BCUT2D eigenvalue weighted by molar-refractivity contribution is 6.07. The van der Waals surface area contributed by atoms with E-state index in [1.807, 2.05) is 18.2 Å². The van der Waals surface area contributed by atoms with Gasteiger partial charge < -0.3 is 20.4 Å². The monoisotopic (exact) mass is 570 g/mol. The fourth-order valence-corrected chi connectivity index (χ4v) is 7.52. The summed E-state index contributed by atoms with van der Waals surface area (Å²) in [5.74, 6) is -0.404. The minimum absolute atomic E-state index is 0.0814. The number of benzene rings is 2. The van der Waals surface area contributed by atoms with Crippen molar-refractivity contribution >= 4 is 35.0 Å². The summed E-state index contributed by atoms with van der Waals surface area (Å²) in [6.45, 7) is 7.07. The van der Waals surface area contributed by atoms with Gasteiger partial charge in [-0.2, -0.15) is 0 Å². The number of primary amides is 1. The van der Waals surface area contributed by atoms with Crippen molar-refractivity contribution in [3.05, 3.63) is 59.2 Å². The molecule has 4 fully saturated rings. The van der Waals surface area contributed by atoms with E-state index in [0.717, 1.165) is 88.4 Å². The molecular formula is C32H38N6O4. The first-order valence-corrected chi connectivity index (χ1v) is 15.3. The smallest absolute Gasteiger partial charge is 0.255 e. The third-order valence-electron chi connectivity index (χ3n) is 10.0. The number of carbonyl (C=O) groups excluding carboxylic acids is 4. The number of hydrogen-bond donors (Lipinski definition) is 2. The predicted molar refractivity (Wildman–Crippen MR) is 158 cm³/mol. The summed E-state index contributed by atoms with van der Waals surface area (Å²) < 4.78 is 0. The normalized spacial score (nSPS) is 24.2. The molecule has 0 aromatic heterocycles. The lowest BCUT2D eigenvalue weighted by Gasteiger charge is -2.40. The summed E-state index contributed by atoms with van der Waals surface area (Å²) in [5.41, 5.74) is 9.57. The van der Waals surface area contributed by atoms with Crippen LogP contribution in [0.5, 0.6) is 0 Å². The largest absolute Gasteiger partial charge is 0.372 e. The van der Waals surface area contributed by atoms with Crippen molar-refractivity contribution in [1.82, 2.24) is 15.1 Å². The number of fused-ring (bicyclic) bond motifs is 2. The number of piperidine rings is 2. The van der Waals surface area contributed by atoms with Gasteiger partial charge in [0.2, 0.25) is 17.7 Å². The average Bonchev–Trinajstić information content (AvgIpc) is 3.76. The molecular weight excluding hydrogens is 532 g/mol. The van der Waals surface area contributed by atoms with Gasteiger partial charge in [-0.25, -0.2) is 0 Å². The van der Waals surface area contributed by atoms with E-state index in [2.05, 4.69) is 32.1 Å². The molecule has 2 aromatic rings. The molecule has 4 amide bonds. The van der Waals surface area contributed by atoms with E-state index < -0.39 is 17.5 Å². The first-order chi connectivity index (χ1) is 20.3. The van der Waals surface area contributed by atoms with Gasteiger partial charge in [0, 0.05) is 74.7 Å². The number of imide groups is 1. The van der Waals surface area contributed by atoms with Gasteiger partial charge in [0.05, 0.1) is 5.54 Å². The van der Waals surface area contributed by atoms with Crippen molar-refractivity contribution in [3.63, 3.8) is 0 Å². The summed E-state index contributed by atoms with van der Waals surface area (Å²) in [6.07, 6.45) is 4.69. The first kappa shape index (κ1) is 26.9. The lowest BCUT2D eigenvalue weighted by Crippen LogP contribution is -2.55. The number of hydrogen-bond acceptors (Lipinski definition) is 7. The van der Waals surface area contributed by atoms with Gasteiger partial charge in [0.1, 0.15) is 6.04 Å². The Morgan fingerprint density at radius 1 is 0.857 bits per heavy atom. The summed E-state index contributed by atoms with van der Waals surface area (Å²) in [6, 6.07) is 13.2. The van der Waals surface area contributed by atoms with Crippen LogP contribution in [0.2, 0.25) is 0 Å². The molecule has 1 spiro atoms. The minimum Gasteiger partial charge on any atom is -0.372 e. The number of anilines is 2. The van der Waals surface area contributed by atoms with E-state index >= 15 is 0 Å². The third kappa shape index (κ3) is 4.71. The highest BCUT2D eigenvalue weighted by atomic mass is 16.2. The Bertz CT molecular complexity index is 1420. The van der Waals surface area contributed by atoms with Crippen LogP contribution in [-0.4, -0.2) is 85.3 Å². The van der Waals surface area contributed by atoms with Crippen LogP contribution < -0.4 is 20.9 Å². The molecule has 1 aliphatic carbocycles. The van der Waals surface area contributed by atoms with Gasteiger partial charge >= 0.3 is 0 Å². The standard InChI is InChI=1S/C32H38N6O4/c33-29(40)22-1-3-23(4-2-22)36-13-9-21(10-14-36)20-35-15-17-37(18-16-35)24-5-6-25-26(19-24)32(11-12-32)38(31(25)42)27-7-8-28(39)34-30(27)41/h1-6,19,21,27H,7-18,20H2,(H2,33,40)(H,34,39,41). The van der Waals surface area contributed by atoms with Crippen LogP contribution in [0, 0.1) is 5.92 Å². The second-order valence-corrected chi connectivity index (χ2v) is 12.5. The summed E-state index contributed by atoms with van der Waals surface area (Å²) in [7, 11) is 0. The average molecular weight is 571 g/mol. The molecule has 2 aromatic carbocycles. The van der Waals surface area contributed by atoms with Crippen LogP contribution in [0.3, 0.4) is 0 Å². The van der Waals surface area contributed by atoms with Crippen LogP contribution in [0.25, 0.3) is 0 Å². The fourth-order valence-electron chi connectivity index (χ4n) is 7.52. The molecule has 1 unspecified atom stereocenters. The zero-order valence-electron chi connectivity index (χ0n) is 23.9. The maximum atomic E-state index is 13.5. The lowest BCUT2D eigenvalue weighted by atomic mass is 9.95. The molecule has 4 heterocycles. The van der Waals surface area contributed by atoms with Crippen LogP contribution in [0.1, 0.15) is 64.8 Å². The van der Waals surface area contributed by atoms with Crippen molar-refractivity contribution in [2.75, 3.05) is 55.6 Å². The summed E-state index contributed by atoms with van der Waals surface area (Å²) in [5, 5.41) is 2.43. The fraction of sp³-hybridized carbons (Fsp3) is 0.500. The predicted octanol–water partition coefficient (Wildman–Crippen LogP) is 2.07. The molecule has 7 rings (SSSR count). The molecule has 1 saturated carbocycles. The molecule has 5 aliphatic rings. The Morgan fingerprint density at radius 2 is 1.52 bits per heavy atom. The van der Waals surface area contributed by atoms with Gasteiger partial charge in [0.15, 0.2) is 0 Å². The van der Waals surface area contributed by atoms with Gasteiger partial charge in [-0.05, 0) is 86.1 Å². The Hall–Kier alpha value is -3.92. The Labute approximate surface area is 245 Å². The van der Waals surface area contributed by atoms with E-state index in [0.29, 0.717) is 23.5 Å². The molecule has 0 bridgehead atoms. The maximum absolute atomic E-state index is 13.5. The van der Waals surface area contributed by atoms with Crippen LogP contribution >= 0.6 is 0 Å². The van der Waals surface area contributed by atoms with E-state index in [-0.39, 0.29) is 24.1 Å². The Morgan fingerprint density at radius 3 is 2.17 bits per heavy atom. The van der Waals surface area contributed by atoms with Gasteiger partial charge in [-0.3, -0.25) is 29.4 Å². The third-order valence-corrected chi connectivity index (χ3v) is 10.0. The topological polar surface area (TPSA) is 119 Å². The zero-order valence-corrected chi connectivity index (χ0v) is 23.9. The second kappa shape index (κ2) is 10.4. The van der Waals surface area contributed by atoms with Crippen molar-refractivity contribution in [2.24, 2.45) is 11.7 Å². The second-order valence-electron chi connectivity index (χ2n) is 12.5. The maximum Gasteiger partial charge on any atom is 0.255 e. The molecule has 3 N–H and O–H groups in total. The number of carbonyl (C=O) groups is 4. The van der Waals surface area contributed by atoms with E-state index in [4.69, 9.17) is 5.73 Å². The van der Waals surface area contributed by atoms with Crippen LogP contribution in [-0.2, 0) is 15.1 Å². The highest BCUT2D eigenvalue weighted by Gasteiger charge is 2.61. The van der Waals surface area contributed by atoms with Crippen molar-refractivity contribution in [1.29, 1.82) is 0 Å². The molecule has 42 heavy (non-hydrogen) atoms. The summed E-state index contributed by atoms with van der Waals surface area (Å²) >= 11 is 0. The molecule has 3 saturated heterocycles. The number of piperazine rings is 1. The number of nitrogens with two attached hydrogens (primary N) is 1. The quantitative estimate of drug-likeness (QED) is 0.511. The van der Waals surface area contributed by atoms with Gasteiger partial charge in [-0.15, -0.1) is 0 Å². The molecule has 10 heteroatoms. The first-order valence-electron chi connectivity index (χ1n) is 15.3. The Balaban J connectivity index is 0.940. The van der Waals surface area contributed by atoms with Gasteiger partial charge in [0.25, 0.3) is 5.91 Å². The van der Waals surface area contributed by atoms with Crippen molar-refractivity contribution in [2.45, 2.75) is 50.1 Å². The number of nitrogens with one attached hydrogen (secondary N) is 1. The number of nitrogens with zero attached hydrogens (tertiary/aromatic N) is 4. The molecule has 220 valence electrons. The van der Waals surface area contributed by atoms with Crippen molar-refractivity contribution < 1.29 is 19.2 Å². The SMILES string of the molecule is NC(=O)c1ccc(N2CCC(CN3CCN(c4ccc5c(c4)C4(CC4)N(C4CCC(=O)NC4=O)C5=O)CC3)CC2)cc1. The lowest BCUT2D eigenvalue weighted by molar-refractivity contribution is -0.137. The summed E-state index contributed by atoms with van der Waals surface area (Å²) in [4.78, 5) is 58.3. The van der Waals surface area contributed by atoms with Crippen LogP contribution in [0.15, 0.2) is 42.5 Å². The zero-order chi connectivity index (χ0) is 29.0. The van der Waals surface area contributed by atoms with Crippen LogP contribution in [0.4, 0.5) is 11.4 Å². The molecule has 4 aliphatic heterocycles.